The Morgan fingerprint density at radius 3 is 3.00 bits per heavy atom. The number of fused-ring (bicyclic) bond motifs is 1. The molecule has 1 saturated heterocycles. The smallest absolute Gasteiger partial charge is 0.193 e. The zero-order valence-corrected chi connectivity index (χ0v) is 12.4. The Kier molecular flexibility index (Phi) is 2.84. The van der Waals surface area contributed by atoms with Crippen molar-refractivity contribution < 1.29 is 0 Å². The van der Waals surface area contributed by atoms with Crippen molar-refractivity contribution in [1.29, 1.82) is 0 Å². The Morgan fingerprint density at radius 2 is 2.30 bits per heavy atom. The van der Waals surface area contributed by atoms with Gasteiger partial charge in [0.25, 0.3) is 0 Å². The van der Waals surface area contributed by atoms with E-state index in [9.17, 15) is 0 Å². The largest absolute Gasteiger partial charge is 0.315 e. The van der Waals surface area contributed by atoms with Crippen LogP contribution in [-0.2, 0) is 11.8 Å². The van der Waals surface area contributed by atoms with Crippen molar-refractivity contribution in [2.45, 2.75) is 11.8 Å². The Balaban J connectivity index is 1.69. The quantitative estimate of drug-likeness (QED) is 0.805. The number of aromatic nitrogens is 2. The lowest BCUT2D eigenvalue weighted by Gasteiger charge is -2.43. The maximum absolute atomic E-state index is 6.14. The summed E-state index contributed by atoms with van der Waals surface area (Å²) in [5, 5.41) is 6.26. The lowest BCUT2D eigenvalue weighted by Crippen LogP contribution is -2.58. The van der Waals surface area contributed by atoms with E-state index in [1.54, 1.807) is 11.3 Å². The van der Waals surface area contributed by atoms with Crippen LogP contribution in [0.5, 0.6) is 0 Å². The number of halogens is 1. The summed E-state index contributed by atoms with van der Waals surface area (Å²) in [5.74, 6) is 0. The van der Waals surface area contributed by atoms with Crippen LogP contribution in [0, 0.1) is 0 Å². The summed E-state index contributed by atoms with van der Waals surface area (Å²) in [6, 6.07) is 8.22. The van der Waals surface area contributed by atoms with Crippen molar-refractivity contribution in [3.8, 4) is 0 Å². The molecule has 5 heteroatoms. The first-order chi connectivity index (χ1) is 9.75. The van der Waals surface area contributed by atoms with Crippen molar-refractivity contribution in [3.05, 3.63) is 58.3 Å². The Morgan fingerprint density at radius 1 is 1.40 bits per heavy atom. The lowest BCUT2D eigenvalue weighted by atomic mass is 9.72. The number of imidazole rings is 1. The molecule has 0 amide bonds. The molecule has 0 unspecified atom stereocenters. The maximum Gasteiger partial charge on any atom is 0.193 e. The molecule has 0 aliphatic carbocycles. The van der Waals surface area contributed by atoms with E-state index in [-0.39, 0.29) is 5.41 Å². The molecule has 3 nitrogen and oxygen atoms in total. The third kappa shape index (κ3) is 1.95. The zero-order valence-electron chi connectivity index (χ0n) is 10.8. The maximum atomic E-state index is 6.14. The van der Waals surface area contributed by atoms with Gasteiger partial charge in [0.1, 0.15) is 0 Å². The zero-order chi connectivity index (χ0) is 13.6. The van der Waals surface area contributed by atoms with E-state index >= 15 is 0 Å². The first kappa shape index (κ1) is 12.4. The van der Waals surface area contributed by atoms with E-state index in [1.807, 2.05) is 12.1 Å². The van der Waals surface area contributed by atoms with Crippen LogP contribution in [-0.4, -0.2) is 22.5 Å². The number of thiazole rings is 1. The molecule has 4 rings (SSSR count). The van der Waals surface area contributed by atoms with Crippen LogP contribution >= 0.6 is 22.9 Å². The molecule has 3 heterocycles. The summed E-state index contributed by atoms with van der Waals surface area (Å²) < 4.78 is 2.10. The Hall–Kier alpha value is -1.36. The molecule has 1 aromatic carbocycles. The van der Waals surface area contributed by atoms with Gasteiger partial charge in [-0.05, 0) is 17.7 Å². The van der Waals surface area contributed by atoms with Crippen LogP contribution in [0.4, 0.5) is 0 Å². The van der Waals surface area contributed by atoms with Gasteiger partial charge in [-0.15, -0.1) is 11.3 Å². The van der Waals surface area contributed by atoms with Gasteiger partial charge in [-0.25, -0.2) is 4.98 Å². The highest BCUT2D eigenvalue weighted by Gasteiger charge is 2.39. The highest BCUT2D eigenvalue weighted by Crippen LogP contribution is 2.33. The predicted molar refractivity (Wildman–Crippen MR) is 82.8 cm³/mol. The Bertz CT molecular complexity index is 729. The molecule has 0 spiro atoms. The van der Waals surface area contributed by atoms with Gasteiger partial charge in [0.05, 0.1) is 5.69 Å². The van der Waals surface area contributed by atoms with Gasteiger partial charge >= 0.3 is 0 Å². The normalized spacial score (nSPS) is 17.2. The summed E-state index contributed by atoms with van der Waals surface area (Å²) in [7, 11) is 0. The van der Waals surface area contributed by atoms with Crippen LogP contribution in [0.2, 0.25) is 5.02 Å². The number of hydrogen-bond acceptors (Lipinski definition) is 3. The second-order valence-corrected chi connectivity index (χ2v) is 6.71. The fourth-order valence-corrected chi connectivity index (χ4v) is 3.79. The summed E-state index contributed by atoms with van der Waals surface area (Å²) in [4.78, 5) is 5.77. The van der Waals surface area contributed by atoms with Gasteiger partial charge in [-0.2, -0.15) is 0 Å². The summed E-state index contributed by atoms with van der Waals surface area (Å²) in [5.41, 5.74) is 2.59. The molecule has 1 N–H and O–H groups in total. The van der Waals surface area contributed by atoms with Crippen molar-refractivity contribution in [1.82, 2.24) is 14.7 Å². The van der Waals surface area contributed by atoms with Gasteiger partial charge in [-0.1, -0.05) is 23.7 Å². The van der Waals surface area contributed by atoms with Gasteiger partial charge in [0, 0.05) is 47.7 Å². The van der Waals surface area contributed by atoms with Gasteiger partial charge < -0.3 is 5.32 Å². The monoisotopic (exact) mass is 303 g/mol. The molecule has 0 radical (unpaired) electrons. The van der Waals surface area contributed by atoms with E-state index in [4.69, 9.17) is 16.6 Å². The van der Waals surface area contributed by atoms with Crippen LogP contribution in [0.25, 0.3) is 4.96 Å². The molecule has 20 heavy (non-hydrogen) atoms. The molecule has 2 aromatic heterocycles. The second kappa shape index (κ2) is 4.58. The van der Waals surface area contributed by atoms with E-state index in [1.165, 1.54) is 5.56 Å². The number of benzene rings is 1. The summed E-state index contributed by atoms with van der Waals surface area (Å²) >= 11 is 7.82. The third-order valence-corrected chi connectivity index (χ3v) is 5.03. The fraction of sp³-hybridized carbons (Fsp3) is 0.267. The van der Waals surface area contributed by atoms with Crippen LogP contribution in [0.3, 0.4) is 0 Å². The second-order valence-electron chi connectivity index (χ2n) is 5.40. The molecule has 0 saturated carbocycles. The van der Waals surface area contributed by atoms with Crippen molar-refractivity contribution in [2.75, 3.05) is 13.1 Å². The SMILES string of the molecule is Clc1cccc(C2(Cc3cn4ccsc4n3)CNC2)c1. The predicted octanol–water partition coefficient (Wildman–Crippen LogP) is 3.13. The highest BCUT2D eigenvalue weighted by molar-refractivity contribution is 7.15. The van der Waals surface area contributed by atoms with Crippen LogP contribution in [0.15, 0.2) is 42.0 Å². The number of nitrogens with one attached hydrogen (secondary N) is 1. The van der Waals surface area contributed by atoms with E-state index in [0.29, 0.717) is 0 Å². The molecular formula is C15H14ClN3S. The van der Waals surface area contributed by atoms with Crippen molar-refractivity contribution >= 4 is 27.9 Å². The van der Waals surface area contributed by atoms with Crippen LogP contribution < -0.4 is 5.32 Å². The van der Waals surface area contributed by atoms with Crippen molar-refractivity contribution in [3.63, 3.8) is 0 Å². The fourth-order valence-electron chi connectivity index (χ4n) is 2.88. The number of rotatable bonds is 3. The van der Waals surface area contributed by atoms with E-state index < -0.39 is 0 Å². The van der Waals surface area contributed by atoms with Crippen LogP contribution in [0.1, 0.15) is 11.3 Å². The molecule has 1 aliphatic rings. The molecule has 102 valence electrons. The average molecular weight is 304 g/mol. The van der Waals surface area contributed by atoms with E-state index in [0.717, 1.165) is 35.2 Å². The standard InChI is InChI=1S/C15H14ClN3S/c16-12-3-1-2-11(6-12)15(9-17-10-15)7-13-8-19-4-5-20-14(19)18-13/h1-6,8,17H,7,9-10H2. The minimum atomic E-state index is 0.134. The van der Waals surface area contributed by atoms with Gasteiger partial charge in [0.2, 0.25) is 0 Å². The number of hydrogen-bond donors (Lipinski definition) is 1. The molecule has 0 atom stereocenters. The van der Waals surface area contributed by atoms with E-state index in [2.05, 4.69) is 39.6 Å². The minimum Gasteiger partial charge on any atom is -0.315 e. The molecule has 1 fully saturated rings. The number of nitrogens with zero attached hydrogens (tertiary/aromatic N) is 2. The van der Waals surface area contributed by atoms with Gasteiger partial charge in [-0.3, -0.25) is 4.40 Å². The molecule has 0 bridgehead atoms. The summed E-state index contributed by atoms with van der Waals surface area (Å²) in [6.07, 6.45) is 5.15. The first-order valence-corrected chi connectivity index (χ1v) is 7.89. The minimum absolute atomic E-state index is 0.134. The lowest BCUT2D eigenvalue weighted by molar-refractivity contribution is 0.273. The Labute approximate surface area is 126 Å². The first-order valence-electron chi connectivity index (χ1n) is 6.63. The molecule has 1 aliphatic heterocycles. The highest BCUT2D eigenvalue weighted by atomic mass is 35.5. The third-order valence-electron chi connectivity index (χ3n) is 4.03. The summed E-state index contributed by atoms with van der Waals surface area (Å²) in [6.45, 7) is 1.97. The molecular weight excluding hydrogens is 290 g/mol. The molecule has 3 aromatic rings. The topological polar surface area (TPSA) is 29.3 Å². The van der Waals surface area contributed by atoms with Crippen molar-refractivity contribution in [2.24, 2.45) is 0 Å². The average Bonchev–Trinajstić information content (AvgIpc) is 2.94. The van der Waals surface area contributed by atoms with Gasteiger partial charge in [0.15, 0.2) is 4.96 Å².